The quantitative estimate of drug-likeness (QED) is 0.682. The van der Waals surface area contributed by atoms with E-state index in [1.807, 2.05) is 6.92 Å². The number of halogens is 2. The van der Waals surface area contributed by atoms with Gasteiger partial charge in [-0.15, -0.1) is 24.8 Å². The van der Waals surface area contributed by atoms with Crippen molar-refractivity contribution in [2.24, 2.45) is 5.73 Å². The highest BCUT2D eigenvalue weighted by atomic mass is 35.5. The number of nitrogens with zero attached hydrogens (tertiary/aromatic N) is 1. The van der Waals surface area contributed by atoms with Crippen molar-refractivity contribution >= 4 is 30.7 Å². The van der Waals surface area contributed by atoms with Crippen LogP contribution in [0.5, 0.6) is 0 Å². The second-order valence-corrected chi connectivity index (χ2v) is 4.67. The van der Waals surface area contributed by atoms with Gasteiger partial charge < -0.3 is 15.8 Å². The van der Waals surface area contributed by atoms with Crippen LogP contribution in [-0.2, 0) is 9.53 Å². The maximum atomic E-state index is 11.4. The normalized spacial score (nSPS) is 16.9. The lowest BCUT2D eigenvalue weighted by Gasteiger charge is -2.26. The van der Waals surface area contributed by atoms with Gasteiger partial charge >= 0.3 is 0 Å². The summed E-state index contributed by atoms with van der Waals surface area (Å²) in [6, 6.07) is 0.106. The Balaban J connectivity index is 0. The van der Waals surface area contributed by atoms with Gasteiger partial charge in [-0.1, -0.05) is 0 Å². The Morgan fingerprint density at radius 3 is 2.58 bits per heavy atom. The molecule has 0 saturated carbocycles. The first-order valence-corrected chi connectivity index (χ1v) is 6.51. The number of ether oxygens (including phenoxy) is 1. The SMILES string of the molecule is CC(N)CCC(=O)NCCCN1CCOCC1.Cl.Cl. The fraction of sp³-hybridized carbons (Fsp3) is 0.917. The predicted molar refractivity (Wildman–Crippen MR) is 82.3 cm³/mol. The molecule has 1 atom stereocenters. The number of morpholine rings is 1. The molecule has 0 aromatic heterocycles. The third-order valence-electron chi connectivity index (χ3n) is 2.90. The summed E-state index contributed by atoms with van der Waals surface area (Å²) < 4.78 is 5.28. The summed E-state index contributed by atoms with van der Waals surface area (Å²) in [6.07, 6.45) is 2.30. The first kappa shape index (κ1) is 21.2. The van der Waals surface area contributed by atoms with Crippen molar-refractivity contribution in [1.29, 1.82) is 0 Å². The van der Waals surface area contributed by atoms with E-state index >= 15 is 0 Å². The van der Waals surface area contributed by atoms with E-state index < -0.39 is 0 Å². The smallest absolute Gasteiger partial charge is 0.220 e. The van der Waals surface area contributed by atoms with E-state index in [9.17, 15) is 4.79 Å². The summed E-state index contributed by atoms with van der Waals surface area (Å²) in [7, 11) is 0. The van der Waals surface area contributed by atoms with E-state index in [0.717, 1.165) is 52.2 Å². The molecule has 1 fully saturated rings. The topological polar surface area (TPSA) is 67.6 Å². The van der Waals surface area contributed by atoms with Gasteiger partial charge in [-0.25, -0.2) is 0 Å². The Hall–Kier alpha value is -0.0700. The number of carbonyl (C=O) groups is 1. The molecule has 1 aliphatic rings. The summed E-state index contributed by atoms with van der Waals surface area (Å²) in [4.78, 5) is 13.8. The third-order valence-corrected chi connectivity index (χ3v) is 2.90. The lowest BCUT2D eigenvalue weighted by molar-refractivity contribution is -0.121. The van der Waals surface area contributed by atoms with Gasteiger partial charge in [-0.2, -0.15) is 0 Å². The van der Waals surface area contributed by atoms with Gasteiger partial charge in [0.1, 0.15) is 0 Å². The Bertz CT molecular complexity index is 225. The summed E-state index contributed by atoms with van der Waals surface area (Å²) in [5.41, 5.74) is 5.59. The third kappa shape index (κ3) is 11.5. The van der Waals surface area contributed by atoms with Crippen LogP contribution in [0.15, 0.2) is 0 Å². The summed E-state index contributed by atoms with van der Waals surface area (Å²) >= 11 is 0. The van der Waals surface area contributed by atoms with E-state index in [4.69, 9.17) is 10.5 Å². The maximum absolute atomic E-state index is 11.4. The van der Waals surface area contributed by atoms with Crippen LogP contribution in [0.2, 0.25) is 0 Å². The van der Waals surface area contributed by atoms with Gasteiger partial charge in [0.2, 0.25) is 5.91 Å². The van der Waals surface area contributed by atoms with Crippen LogP contribution < -0.4 is 11.1 Å². The highest BCUT2D eigenvalue weighted by molar-refractivity contribution is 5.85. The number of nitrogens with one attached hydrogen (secondary N) is 1. The van der Waals surface area contributed by atoms with Gasteiger partial charge in [0.15, 0.2) is 0 Å². The number of rotatable bonds is 7. The molecule has 1 rings (SSSR count). The minimum atomic E-state index is 0. The molecule has 0 bridgehead atoms. The zero-order valence-corrected chi connectivity index (χ0v) is 13.2. The second kappa shape index (κ2) is 12.9. The van der Waals surface area contributed by atoms with Crippen molar-refractivity contribution in [1.82, 2.24) is 10.2 Å². The first-order chi connectivity index (χ1) is 8.18. The molecule has 0 aromatic carbocycles. The minimum absolute atomic E-state index is 0. The molecule has 5 nitrogen and oxygen atoms in total. The zero-order chi connectivity index (χ0) is 12.5. The van der Waals surface area contributed by atoms with Crippen molar-refractivity contribution in [3.05, 3.63) is 0 Å². The molecule has 1 heterocycles. The van der Waals surface area contributed by atoms with Gasteiger partial charge in [-0.05, 0) is 26.3 Å². The largest absolute Gasteiger partial charge is 0.379 e. The molecule has 7 heteroatoms. The monoisotopic (exact) mass is 315 g/mol. The van der Waals surface area contributed by atoms with E-state index in [1.165, 1.54) is 0 Å². The van der Waals surface area contributed by atoms with Crippen LogP contribution in [-0.4, -0.2) is 56.2 Å². The molecule has 116 valence electrons. The van der Waals surface area contributed by atoms with Crippen molar-refractivity contribution in [3.8, 4) is 0 Å². The van der Waals surface area contributed by atoms with Crippen LogP contribution in [0.25, 0.3) is 0 Å². The first-order valence-electron chi connectivity index (χ1n) is 6.51. The number of carbonyl (C=O) groups excluding carboxylic acids is 1. The van der Waals surface area contributed by atoms with Gasteiger partial charge in [0.25, 0.3) is 0 Å². The number of hydrogen-bond acceptors (Lipinski definition) is 4. The van der Waals surface area contributed by atoms with Gasteiger partial charge in [-0.3, -0.25) is 9.69 Å². The summed E-state index contributed by atoms with van der Waals surface area (Å²) in [5.74, 6) is 0.115. The standard InChI is InChI=1S/C12H25N3O2.2ClH/c1-11(13)3-4-12(16)14-5-2-6-15-7-9-17-10-8-15;;/h11H,2-10,13H2,1H3,(H,14,16);2*1H. The van der Waals surface area contributed by atoms with E-state index in [1.54, 1.807) is 0 Å². The minimum Gasteiger partial charge on any atom is -0.379 e. The molecule has 3 N–H and O–H groups in total. The molecule has 19 heavy (non-hydrogen) atoms. The summed E-state index contributed by atoms with van der Waals surface area (Å²) in [5, 5.41) is 2.93. The van der Waals surface area contributed by atoms with Crippen LogP contribution in [0.1, 0.15) is 26.2 Å². The van der Waals surface area contributed by atoms with Crippen molar-refractivity contribution in [2.45, 2.75) is 32.2 Å². The van der Waals surface area contributed by atoms with E-state index in [2.05, 4.69) is 10.2 Å². The average molecular weight is 316 g/mol. The van der Waals surface area contributed by atoms with Crippen LogP contribution in [0, 0.1) is 0 Å². The molecule has 1 unspecified atom stereocenters. The van der Waals surface area contributed by atoms with Crippen molar-refractivity contribution in [2.75, 3.05) is 39.4 Å². The van der Waals surface area contributed by atoms with Gasteiger partial charge in [0.05, 0.1) is 13.2 Å². The molecule has 0 aromatic rings. The molecular formula is C12H27Cl2N3O2. The zero-order valence-electron chi connectivity index (χ0n) is 11.6. The van der Waals surface area contributed by atoms with Gasteiger partial charge in [0, 0.05) is 32.1 Å². The molecule has 0 radical (unpaired) electrons. The van der Waals surface area contributed by atoms with Crippen molar-refractivity contribution in [3.63, 3.8) is 0 Å². The predicted octanol–water partition coefficient (Wildman–Crippen LogP) is 0.796. The fourth-order valence-corrected chi connectivity index (χ4v) is 1.80. The van der Waals surface area contributed by atoms with Crippen molar-refractivity contribution < 1.29 is 9.53 Å². The molecule has 1 amide bonds. The number of nitrogens with two attached hydrogens (primary N) is 1. The number of amides is 1. The van der Waals surface area contributed by atoms with Crippen LogP contribution in [0.4, 0.5) is 0 Å². The summed E-state index contributed by atoms with van der Waals surface area (Å²) in [6.45, 7) is 7.41. The molecule has 0 spiro atoms. The lowest BCUT2D eigenvalue weighted by Crippen LogP contribution is -2.38. The number of hydrogen-bond donors (Lipinski definition) is 2. The highest BCUT2D eigenvalue weighted by Crippen LogP contribution is 1.97. The molecule has 0 aliphatic carbocycles. The molecular weight excluding hydrogens is 289 g/mol. The molecule has 1 aliphatic heterocycles. The second-order valence-electron chi connectivity index (χ2n) is 4.67. The van der Waals surface area contributed by atoms with E-state index in [0.29, 0.717) is 6.42 Å². The molecule has 1 saturated heterocycles. The Labute approximate surface area is 128 Å². The van der Waals surface area contributed by atoms with Crippen LogP contribution in [0.3, 0.4) is 0 Å². The average Bonchev–Trinajstić information content (AvgIpc) is 2.33. The Morgan fingerprint density at radius 2 is 2.00 bits per heavy atom. The lowest BCUT2D eigenvalue weighted by atomic mass is 10.2. The highest BCUT2D eigenvalue weighted by Gasteiger charge is 2.09. The maximum Gasteiger partial charge on any atom is 0.220 e. The van der Waals surface area contributed by atoms with Crippen LogP contribution >= 0.6 is 24.8 Å². The Kier molecular flexibility index (Phi) is 14.5. The van der Waals surface area contributed by atoms with E-state index in [-0.39, 0.29) is 36.8 Å². The fourth-order valence-electron chi connectivity index (χ4n) is 1.80. The Morgan fingerprint density at radius 1 is 1.37 bits per heavy atom.